The van der Waals surface area contributed by atoms with Crippen molar-refractivity contribution in [2.75, 3.05) is 11.4 Å². The van der Waals surface area contributed by atoms with Gasteiger partial charge >= 0.3 is 0 Å². The standard InChI is InChI=1S/C11H15ClFN3/c12-11-9(13)6-8(7-15-11)16-5-3-1-2-4-10(16)14/h6-7,10H,1-5,14H2. The van der Waals surface area contributed by atoms with Crippen LogP contribution in [0, 0.1) is 5.82 Å². The lowest BCUT2D eigenvalue weighted by Crippen LogP contribution is -2.41. The number of nitrogens with two attached hydrogens (primary N) is 1. The first-order chi connectivity index (χ1) is 7.68. The van der Waals surface area contributed by atoms with Crippen LogP contribution in [0.2, 0.25) is 5.15 Å². The Labute approximate surface area is 99.4 Å². The Morgan fingerprint density at radius 1 is 1.44 bits per heavy atom. The van der Waals surface area contributed by atoms with Crippen LogP contribution >= 0.6 is 11.6 Å². The van der Waals surface area contributed by atoms with E-state index in [1.54, 1.807) is 6.20 Å². The summed E-state index contributed by atoms with van der Waals surface area (Å²) in [5.41, 5.74) is 6.76. The first-order valence-corrected chi connectivity index (χ1v) is 5.89. The van der Waals surface area contributed by atoms with Crippen molar-refractivity contribution >= 4 is 17.3 Å². The molecule has 1 aliphatic rings. The normalized spacial score (nSPS) is 21.9. The molecule has 0 amide bonds. The summed E-state index contributed by atoms with van der Waals surface area (Å²) in [5, 5.41) is -0.0906. The summed E-state index contributed by atoms with van der Waals surface area (Å²) in [7, 11) is 0. The number of anilines is 1. The highest BCUT2D eigenvalue weighted by molar-refractivity contribution is 6.29. The highest BCUT2D eigenvalue weighted by Crippen LogP contribution is 2.24. The van der Waals surface area contributed by atoms with Gasteiger partial charge in [0.25, 0.3) is 0 Å². The zero-order chi connectivity index (χ0) is 11.5. The number of pyridine rings is 1. The molecule has 1 aromatic heterocycles. The average Bonchev–Trinajstić information content (AvgIpc) is 2.47. The van der Waals surface area contributed by atoms with E-state index in [1.165, 1.54) is 12.5 Å². The van der Waals surface area contributed by atoms with Crippen LogP contribution in [-0.4, -0.2) is 17.7 Å². The second kappa shape index (κ2) is 4.97. The van der Waals surface area contributed by atoms with E-state index in [4.69, 9.17) is 17.3 Å². The molecule has 1 saturated heterocycles. The molecule has 88 valence electrons. The molecule has 2 heterocycles. The smallest absolute Gasteiger partial charge is 0.164 e. The first kappa shape index (κ1) is 11.6. The summed E-state index contributed by atoms with van der Waals surface area (Å²) in [5.74, 6) is -0.490. The largest absolute Gasteiger partial charge is 0.355 e. The monoisotopic (exact) mass is 243 g/mol. The minimum absolute atomic E-state index is 0.0510. The molecule has 0 radical (unpaired) electrons. The molecule has 1 fully saturated rings. The lowest BCUT2D eigenvalue weighted by atomic mass is 10.2. The Morgan fingerprint density at radius 3 is 3.00 bits per heavy atom. The van der Waals surface area contributed by atoms with Gasteiger partial charge in [0, 0.05) is 12.6 Å². The third kappa shape index (κ3) is 2.44. The van der Waals surface area contributed by atoms with E-state index in [9.17, 15) is 4.39 Å². The SMILES string of the molecule is NC1CCCCCN1c1cnc(Cl)c(F)c1. The van der Waals surface area contributed by atoms with Gasteiger partial charge in [0.05, 0.1) is 18.1 Å². The quantitative estimate of drug-likeness (QED) is 0.771. The lowest BCUT2D eigenvalue weighted by molar-refractivity contribution is 0.585. The minimum Gasteiger partial charge on any atom is -0.355 e. The Hall–Kier alpha value is -0.870. The van der Waals surface area contributed by atoms with E-state index in [-0.39, 0.29) is 11.3 Å². The van der Waals surface area contributed by atoms with Crippen molar-refractivity contribution in [3.8, 4) is 0 Å². The zero-order valence-electron chi connectivity index (χ0n) is 9.00. The maximum atomic E-state index is 13.3. The van der Waals surface area contributed by atoms with Gasteiger partial charge in [-0.25, -0.2) is 9.37 Å². The molecular weight excluding hydrogens is 229 g/mol. The first-order valence-electron chi connectivity index (χ1n) is 5.52. The molecule has 1 aliphatic heterocycles. The van der Waals surface area contributed by atoms with Gasteiger partial charge in [-0.15, -0.1) is 0 Å². The van der Waals surface area contributed by atoms with Gasteiger partial charge in [-0.2, -0.15) is 0 Å². The van der Waals surface area contributed by atoms with Crippen LogP contribution in [0.1, 0.15) is 25.7 Å². The molecule has 0 aromatic carbocycles. The summed E-state index contributed by atoms with van der Waals surface area (Å²) in [6.45, 7) is 0.851. The predicted octanol–water partition coefficient (Wildman–Crippen LogP) is 2.54. The van der Waals surface area contributed by atoms with Crippen molar-refractivity contribution in [1.29, 1.82) is 0 Å². The minimum atomic E-state index is -0.490. The molecule has 2 rings (SSSR count). The molecule has 16 heavy (non-hydrogen) atoms. The summed E-state index contributed by atoms with van der Waals surface area (Å²) >= 11 is 5.55. The molecule has 1 aromatic rings. The van der Waals surface area contributed by atoms with Gasteiger partial charge in [-0.3, -0.25) is 0 Å². The van der Waals surface area contributed by atoms with Gasteiger partial charge in [0.15, 0.2) is 11.0 Å². The predicted molar refractivity (Wildman–Crippen MR) is 63.0 cm³/mol. The Bertz CT molecular complexity index is 372. The number of hydrogen-bond donors (Lipinski definition) is 1. The maximum Gasteiger partial charge on any atom is 0.164 e. The summed E-state index contributed by atoms with van der Waals surface area (Å²) in [4.78, 5) is 5.81. The molecule has 3 nitrogen and oxygen atoms in total. The van der Waals surface area contributed by atoms with Crippen molar-refractivity contribution in [2.24, 2.45) is 5.73 Å². The van der Waals surface area contributed by atoms with Gasteiger partial charge in [0.2, 0.25) is 0 Å². The highest BCUT2D eigenvalue weighted by atomic mass is 35.5. The van der Waals surface area contributed by atoms with Gasteiger partial charge < -0.3 is 10.6 Å². The molecule has 0 spiro atoms. The van der Waals surface area contributed by atoms with Crippen LogP contribution in [-0.2, 0) is 0 Å². The van der Waals surface area contributed by atoms with Gasteiger partial charge in [-0.1, -0.05) is 18.0 Å². The molecular formula is C11H15ClFN3. The Balaban J connectivity index is 2.23. The zero-order valence-corrected chi connectivity index (χ0v) is 9.75. The van der Waals surface area contributed by atoms with Crippen molar-refractivity contribution in [3.63, 3.8) is 0 Å². The van der Waals surface area contributed by atoms with E-state index < -0.39 is 5.82 Å². The third-order valence-electron chi connectivity index (χ3n) is 2.91. The Kier molecular flexibility index (Phi) is 3.61. The lowest BCUT2D eigenvalue weighted by Gasteiger charge is -2.28. The van der Waals surface area contributed by atoms with E-state index in [0.717, 1.165) is 31.5 Å². The van der Waals surface area contributed by atoms with Gasteiger partial charge in [-0.05, 0) is 19.3 Å². The van der Waals surface area contributed by atoms with Crippen LogP contribution < -0.4 is 10.6 Å². The molecule has 0 aliphatic carbocycles. The number of nitrogens with zero attached hydrogens (tertiary/aromatic N) is 2. The second-order valence-electron chi connectivity index (χ2n) is 4.08. The van der Waals surface area contributed by atoms with Crippen LogP contribution in [0.25, 0.3) is 0 Å². The average molecular weight is 244 g/mol. The van der Waals surface area contributed by atoms with E-state index in [2.05, 4.69) is 4.98 Å². The van der Waals surface area contributed by atoms with Crippen molar-refractivity contribution < 1.29 is 4.39 Å². The van der Waals surface area contributed by atoms with Gasteiger partial charge in [0.1, 0.15) is 0 Å². The molecule has 0 saturated carbocycles. The number of hydrogen-bond acceptors (Lipinski definition) is 3. The van der Waals surface area contributed by atoms with Crippen LogP contribution in [0.4, 0.5) is 10.1 Å². The fourth-order valence-electron chi connectivity index (χ4n) is 2.02. The van der Waals surface area contributed by atoms with Crippen molar-refractivity contribution in [2.45, 2.75) is 31.8 Å². The van der Waals surface area contributed by atoms with Crippen LogP contribution in [0.15, 0.2) is 12.3 Å². The van der Waals surface area contributed by atoms with Crippen molar-refractivity contribution in [3.05, 3.63) is 23.2 Å². The maximum absolute atomic E-state index is 13.3. The Morgan fingerprint density at radius 2 is 2.25 bits per heavy atom. The number of aromatic nitrogens is 1. The fraction of sp³-hybridized carbons (Fsp3) is 0.545. The molecule has 0 bridgehead atoms. The van der Waals surface area contributed by atoms with Crippen molar-refractivity contribution in [1.82, 2.24) is 4.98 Å². The van der Waals surface area contributed by atoms with Crippen LogP contribution in [0.5, 0.6) is 0 Å². The summed E-state index contributed by atoms with van der Waals surface area (Å²) < 4.78 is 13.3. The summed E-state index contributed by atoms with van der Waals surface area (Å²) in [6, 6.07) is 1.40. The van der Waals surface area contributed by atoms with E-state index in [1.807, 2.05) is 4.90 Å². The summed E-state index contributed by atoms with van der Waals surface area (Å²) in [6.07, 6.45) is 5.85. The van der Waals surface area contributed by atoms with E-state index >= 15 is 0 Å². The fourth-order valence-corrected chi connectivity index (χ4v) is 2.13. The molecule has 1 unspecified atom stereocenters. The second-order valence-corrected chi connectivity index (χ2v) is 4.43. The number of halogens is 2. The molecule has 1 atom stereocenters. The van der Waals surface area contributed by atoms with Crippen LogP contribution in [0.3, 0.4) is 0 Å². The molecule has 2 N–H and O–H groups in total. The topological polar surface area (TPSA) is 42.1 Å². The number of rotatable bonds is 1. The molecule has 5 heteroatoms. The third-order valence-corrected chi connectivity index (χ3v) is 3.19. The highest BCUT2D eigenvalue weighted by Gasteiger charge is 2.18. The van der Waals surface area contributed by atoms with E-state index in [0.29, 0.717) is 0 Å².